The molecule has 0 saturated heterocycles. The van der Waals surface area contributed by atoms with Crippen LogP contribution in [0.4, 0.5) is 0 Å². The van der Waals surface area contributed by atoms with Gasteiger partial charge in [0.15, 0.2) is 0 Å². The van der Waals surface area contributed by atoms with Crippen LogP contribution in [0, 0.1) is 0 Å². The molecule has 0 aromatic heterocycles. The highest BCUT2D eigenvalue weighted by molar-refractivity contribution is 6.31. The number of hydrogen-bond donors (Lipinski definition) is 2. The number of nitrogens with one attached hydrogen (secondary N) is 2. The second kappa shape index (κ2) is 10.1. The summed E-state index contributed by atoms with van der Waals surface area (Å²) >= 11 is 6.04. The Hall–Kier alpha value is -2.53. The summed E-state index contributed by atoms with van der Waals surface area (Å²) in [7, 11) is 0. The first kappa shape index (κ1) is 21.8. The minimum Gasteiger partial charge on any atom is -0.490 e. The normalized spacial score (nSPS) is 11.8. The fourth-order valence-corrected chi connectivity index (χ4v) is 2.72. The van der Waals surface area contributed by atoms with Gasteiger partial charge in [-0.25, -0.2) is 0 Å². The molecule has 0 saturated carbocycles. The Bertz CT molecular complexity index is 836. The Labute approximate surface area is 171 Å². The Morgan fingerprint density at radius 2 is 1.82 bits per heavy atom. The molecule has 0 aliphatic heterocycles. The van der Waals surface area contributed by atoms with E-state index in [0.29, 0.717) is 21.9 Å². The number of rotatable bonds is 8. The second-order valence-electron chi connectivity index (χ2n) is 6.97. The van der Waals surface area contributed by atoms with Crippen molar-refractivity contribution in [1.82, 2.24) is 10.6 Å². The lowest BCUT2D eigenvalue weighted by atomic mass is 10.1. The van der Waals surface area contributed by atoms with Crippen LogP contribution in [-0.2, 0) is 6.54 Å². The molecule has 1 unspecified atom stereocenters. The summed E-state index contributed by atoms with van der Waals surface area (Å²) in [5.74, 6) is 0.0798. The first-order valence-electron chi connectivity index (χ1n) is 9.44. The predicted octanol–water partition coefficient (Wildman–Crippen LogP) is 4.59. The first-order valence-corrected chi connectivity index (χ1v) is 9.82. The lowest BCUT2D eigenvalue weighted by molar-refractivity contribution is 0.0935. The molecule has 0 spiro atoms. The molecular weight excluding hydrogens is 376 g/mol. The van der Waals surface area contributed by atoms with Gasteiger partial charge in [-0.2, -0.15) is 0 Å². The Morgan fingerprint density at radius 1 is 1.07 bits per heavy atom. The summed E-state index contributed by atoms with van der Waals surface area (Å²) in [6, 6.07) is 12.3. The van der Waals surface area contributed by atoms with Crippen LogP contribution < -0.4 is 15.4 Å². The van der Waals surface area contributed by atoms with Gasteiger partial charge in [0.1, 0.15) is 5.75 Å². The van der Waals surface area contributed by atoms with E-state index >= 15 is 0 Å². The Morgan fingerprint density at radius 3 is 2.50 bits per heavy atom. The van der Waals surface area contributed by atoms with E-state index in [0.717, 1.165) is 12.0 Å². The fraction of sp³-hybridized carbons (Fsp3) is 0.364. The topological polar surface area (TPSA) is 67.4 Å². The van der Waals surface area contributed by atoms with E-state index in [1.807, 2.05) is 33.8 Å². The Balaban J connectivity index is 2.08. The van der Waals surface area contributed by atoms with Crippen molar-refractivity contribution in [3.8, 4) is 5.75 Å². The summed E-state index contributed by atoms with van der Waals surface area (Å²) in [6.45, 7) is 8.06. The van der Waals surface area contributed by atoms with Gasteiger partial charge in [0.2, 0.25) is 0 Å². The van der Waals surface area contributed by atoms with Gasteiger partial charge in [-0.15, -0.1) is 0 Å². The van der Waals surface area contributed by atoms with Crippen LogP contribution >= 0.6 is 11.6 Å². The van der Waals surface area contributed by atoms with Gasteiger partial charge in [-0.3, -0.25) is 9.59 Å². The van der Waals surface area contributed by atoms with Gasteiger partial charge < -0.3 is 15.4 Å². The van der Waals surface area contributed by atoms with E-state index in [9.17, 15) is 9.59 Å². The third-order valence-corrected chi connectivity index (χ3v) is 4.42. The fourth-order valence-electron chi connectivity index (χ4n) is 2.55. The number of hydrogen-bond acceptors (Lipinski definition) is 3. The molecule has 2 aromatic carbocycles. The zero-order valence-electron chi connectivity index (χ0n) is 16.7. The number of amides is 2. The standard InChI is InChI=1S/C22H27ClN2O3/c1-5-15(4)25-21(26)17-8-6-7-16(11-17)13-24-22(27)19-12-18(23)9-10-20(19)28-14(2)3/h6-12,14-15H,5,13H2,1-4H3,(H,24,27)(H,25,26). The molecular formula is C22H27ClN2O3. The average Bonchev–Trinajstić information content (AvgIpc) is 2.67. The van der Waals surface area contributed by atoms with Crippen molar-refractivity contribution in [1.29, 1.82) is 0 Å². The van der Waals surface area contributed by atoms with Crippen molar-refractivity contribution in [2.45, 2.75) is 52.8 Å². The van der Waals surface area contributed by atoms with Crippen LogP contribution in [-0.4, -0.2) is 24.0 Å². The predicted molar refractivity (Wildman–Crippen MR) is 112 cm³/mol. The van der Waals surface area contributed by atoms with Crippen molar-refractivity contribution in [3.05, 3.63) is 64.2 Å². The lowest BCUT2D eigenvalue weighted by Gasteiger charge is -2.15. The maximum atomic E-state index is 12.6. The van der Waals surface area contributed by atoms with Gasteiger partial charge in [0.25, 0.3) is 11.8 Å². The molecule has 150 valence electrons. The molecule has 0 heterocycles. The molecule has 2 amide bonds. The van der Waals surface area contributed by atoms with Crippen LogP contribution in [0.3, 0.4) is 0 Å². The minimum atomic E-state index is -0.285. The molecule has 2 N–H and O–H groups in total. The highest BCUT2D eigenvalue weighted by Gasteiger charge is 2.15. The number of carbonyl (C=O) groups excluding carboxylic acids is 2. The van der Waals surface area contributed by atoms with Crippen LogP contribution in [0.5, 0.6) is 5.75 Å². The first-order chi connectivity index (χ1) is 13.3. The van der Waals surface area contributed by atoms with E-state index in [1.165, 1.54) is 0 Å². The molecule has 0 fully saturated rings. The molecule has 5 nitrogen and oxygen atoms in total. The molecule has 0 aliphatic rings. The van der Waals surface area contributed by atoms with Crippen molar-refractivity contribution in [2.75, 3.05) is 0 Å². The lowest BCUT2D eigenvalue weighted by Crippen LogP contribution is -2.32. The summed E-state index contributed by atoms with van der Waals surface area (Å²) in [5, 5.41) is 6.27. The molecule has 1 atom stereocenters. The highest BCUT2D eigenvalue weighted by Crippen LogP contribution is 2.24. The summed E-state index contributed by atoms with van der Waals surface area (Å²) in [6.07, 6.45) is 0.801. The quantitative estimate of drug-likeness (QED) is 0.678. The van der Waals surface area contributed by atoms with Crippen LogP contribution in [0.1, 0.15) is 60.4 Å². The van der Waals surface area contributed by atoms with Gasteiger partial charge in [-0.05, 0) is 63.1 Å². The van der Waals surface area contributed by atoms with E-state index in [4.69, 9.17) is 16.3 Å². The van der Waals surface area contributed by atoms with Crippen molar-refractivity contribution in [2.24, 2.45) is 0 Å². The zero-order valence-corrected chi connectivity index (χ0v) is 17.5. The monoisotopic (exact) mass is 402 g/mol. The summed E-state index contributed by atoms with van der Waals surface area (Å²) in [4.78, 5) is 24.9. The molecule has 0 aliphatic carbocycles. The molecule has 0 bridgehead atoms. The average molecular weight is 403 g/mol. The number of carbonyl (C=O) groups is 2. The molecule has 0 radical (unpaired) electrons. The largest absolute Gasteiger partial charge is 0.490 e. The number of ether oxygens (including phenoxy) is 1. The van der Waals surface area contributed by atoms with Gasteiger partial charge in [-0.1, -0.05) is 30.7 Å². The Kier molecular flexibility index (Phi) is 7.88. The molecule has 28 heavy (non-hydrogen) atoms. The van der Waals surface area contributed by atoms with Crippen LogP contribution in [0.15, 0.2) is 42.5 Å². The second-order valence-corrected chi connectivity index (χ2v) is 7.41. The van der Waals surface area contributed by atoms with E-state index < -0.39 is 0 Å². The summed E-state index contributed by atoms with van der Waals surface area (Å²) < 4.78 is 5.70. The maximum Gasteiger partial charge on any atom is 0.255 e. The minimum absolute atomic E-state index is 0.0616. The van der Waals surface area contributed by atoms with E-state index in [1.54, 1.807) is 36.4 Å². The number of halogens is 1. The highest BCUT2D eigenvalue weighted by atomic mass is 35.5. The third-order valence-electron chi connectivity index (χ3n) is 4.18. The van der Waals surface area contributed by atoms with Crippen molar-refractivity contribution < 1.29 is 14.3 Å². The van der Waals surface area contributed by atoms with E-state index in [-0.39, 0.29) is 30.5 Å². The smallest absolute Gasteiger partial charge is 0.255 e. The van der Waals surface area contributed by atoms with E-state index in [2.05, 4.69) is 10.6 Å². The summed E-state index contributed by atoms with van der Waals surface area (Å²) in [5.41, 5.74) is 1.78. The van der Waals surface area contributed by atoms with Crippen molar-refractivity contribution in [3.63, 3.8) is 0 Å². The zero-order chi connectivity index (χ0) is 20.7. The third kappa shape index (κ3) is 6.27. The number of benzene rings is 2. The molecule has 6 heteroatoms. The van der Waals surface area contributed by atoms with Crippen LogP contribution in [0.2, 0.25) is 5.02 Å². The molecule has 2 aromatic rings. The molecule has 2 rings (SSSR count). The van der Waals surface area contributed by atoms with Crippen molar-refractivity contribution >= 4 is 23.4 Å². The van der Waals surface area contributed by atoms with Crippen LogP contribution in [0.25, 0.3) is 0 Å². The van der Waals surface area contributed by atoms with Gasteiger partial charge in [0, 0.05) is 23.2 Å². The van der Waals surface area contributed by atoms with Gasteiger partial charge in [0.05, 0.1) is 11.7 Å². The van der Waals surface area contributed by atoms with Gasteiger partial charge >= 0.3 is 0 Å². The SMILES string of the molecule is CCC(C)NC(=O)c1cccc(CNC(=O)c2cc(Cl)ccc2OC(C)C)c1. The maximum absolute atomic E-state index is 12.6.